The normalized spacial score (nSPS) is 11.8. The van der Waals surface area contributed by atoms with E-state index in [1.807, 2.05) is 0 Å². The highest BCUT2D eigenvalue weighted by molar-refractivity contribution is 5.97. The quantitative estimate of drug-likeness (QED) is 0.540. The van der Waals surface area contributed by atoms with Crippen molar-refractivity contribution in [1.29, 1.82) is 0 Å². The fourth-order valence-corrected chi connectivity index (χ4v) is 0.878. The summed E-state index contributed by atoms with van der Waals surface area (Å²) in [7, 11) is 0. The fraction of sp³-hybridized carbons (Fsp3) is 0.100. The molecular formula is C10H7F2O2-. The molecule has 0 heterocycles. The van der Waals surface area contributed by atoms with E-state index >= 15 is 0 Å². The Morgan fingerprint density at radius 2 is 1.86 bits per heavy atom. The predicted octanol–water partition coefficient (Wildman–Crippen LogP) is 1.22. The van der Waals surface area contributed by atoms with Gasteiger partial charge in [-0.05, 0) is 11.6 Å². The topological polar surface area (TPSA) is 40.1 Å². The number of halogens is 2. The summed E-state index contributed by atoms with van der Waals surface area (Å²) in [6.07, 6.45) is -2.71. The first kappa shape index (κ1) is 10.4. The first-order valence-corrected chi connectivity index (χ1v) is 3.87. The lowest BCUT2D eigenvalue weighted by Crippen LogP contribution is -2.11. The van der Waals surface area contributed by atoms with Gasteiger partial charge in [-0.25, -0.2) is 8.78 Å². The largest absolute Gasteiger partial charge is 0.872 e. The summed E-state index contributed by atoms with van der Waals surface area (Å²) < 4.78 is 23.5. The minimum Gasteiger partial charge on any atom is -0.872 e. The lowest BCUT2D eigenvalue weighted by molar-refractivity contribution is -0.244. The SMILES string of the molecule is O=C(/C=C(\[O-])c1ccccc1)C(F)F. The summed E-state index contributed by atoms with van der Waals surface area (Å²) in [5, 5.41) is 11.1. The van der Waals surface area contributed by atoms with E-state index in [0.29, 0.717) is 6.08 Å². The molecule has 0 saturated carbocycles. The van der Waals surface area contributed by atoms with Crippen molar-refractivity contribution in [1.82, 2.24) is 0 Å². The first-order chi connectivity index (χ1) is 6.61. The van der Waals surface area contributed by atoms with E-state index in [-0.39, 0.29) is 5.56 Å². The molecule has 1 aromatic rings. The van der Waals surface area contributed by atoms with Crippen molar-refractivity contribution in [3.63, 3.8) is 0 Å². The maximum atomic E-state index is 11.8. The Kier molecular flexibility index (Phi) is 3.34. The van der Waals surface area contributed by atoms with Crippen LogP contribution in [-0.2, 0) is 4.79 Å². The maximum Gasteiger partial charge on any atom is 0.299 e. The minimum atomic E-state index is -3.12. The van der Waals surface area contributed by atoms with Crippen LogP contribution in [0.3, 0.4) is 0 Å². The molecule has 14 heavy (non-hydrogen) atoms. The van der Waals surface area contributed by atoms with Gasteiger partial charge in [0, 0.05) is 0 Å². The van der Waals surface area contributed by atoms with Crippen molar-refractivity contribution in [3.8, 4) is 0 Å². The average molecular weight is 197 g/mol. The minimum absolute atomic E-state index is 0.224. The lowest BCUT2D eigenvalue weighted by Gasteiger charge is -2.10. The van der Waals surface area contributed by atoms with Gasteiger partial charge in [0.2, 0.25) is 5.78 Å². The van der Waals surface area contributed by atoms with Gasteiger partial charge in [0.05, 0.1) is 0 Å². The third-order valence-electron chi connectivity index (χ3n) is 1.55. The Bertz CT molecular complexity index is 344. The van der Waals surface area contributed by atoms with Crippen LogP contribution < -0.4 is 5.11 Å². The van der Waals surface area contributed by atoms with Gasteiger partial charge >= 0.3 is 0 Å². The number of carbonyl (C=O) groups excluding carboxylic acids is 1. The highest BCUT2D eigenvalue weighted by Crippen LogP contribution is 2.08. The van der Waals surface area contributed by atoms with Crippen LogP contribution in [-0.4, -0.2) is 12.2 Å². The van der Waals surface area contributed by atoms with E-state index in [0.717, 1.165) is 0 Å². The molecule has 0 radical (unpaired) electrons. The Balaban J connectivity index is 2.85. The van der Waals surface area contributed by atoms with Gasteiger partial charge in [-0.1, -0.05) is 36.1 Å². The Hall–Kier alpha value is -1.71. The highest BCUT2D eigenvalue weighted by atomic mass is 19.3. The van der Waals surface area contributed by atoms with Crippen LogP contribution >= 0.6 is 0 Å². The molecule has 0 aromatic heterocycles. The molecule has 0 unspecified atom stereocenters. The van der Waals surface area contributed by atoms with Crippen molar-refractivity contribution in [2.45, 2.75) is 6.43 Å². The summed E-state index contributed by atoms with van der Waals surface area (Å²) in [5.41, 5.74) is 0.224. The van der Waals surface area contributed by atoms with E-state index in [1.54, 1.807) is 18.2 Å². The van der Waals surface area contributed by atoms with Crippen molar-refractivity contribution in [2.75, 3.05) is 0 Å². The van der Waals surface area contributed by atoms with Crippen molar-refractivity contribution in [3.05, 3.63) is 42.0 Å². The monoisotopic (exact) mass is 197 g/mol. The smallest absolute Gasteiger partial charge is 0.299 e. The van der Waals surface area contributed by atoms with Gasteiger partial charge in [0.1, 0.15) is 0 Å². The Labute approximate surface area is 79.5 Å². The third-order valence-corrected chi connectivity index (χ3v) is 1.55. The molecule has 74 valence electrons. The Morgan fingerprint density at radius 1 is 1.29 bits per heavy atom. The fourth-order valence-electron chi connectivity index (χ4n) is 0.878. The van der Waals surface area contributed by atoms with Crippen molar-refractivity contribution >= 4 is 11.5 Å². The molecule has 4 heteroatoms. The van der Waals surface area contributed by atoms with Gasteiger partial charge in [-0.2, -0.15) is 0 Å². The van der Waals surface area contributed by atoms with Gasteiger partial charge in [-0.15, -0.1) is 0 Å². The molecule has 0 saturated heterocycles. The average Bonchev–Trinajstić information content (AvgIpc) is 2.19. The van der Waals surface area contributed by atoms with E-state index in [4.69, 9.17) is 0 Å². The zero-order chi connectivity index (χ0) is 10.6. The van der Waals surface area contributed by atoms with Crippen LogP contribution in [0, 0.1) is 0 Å². The molecule has 0 aliphatic carbocycles. The summed E-state index contributed by atoms with van der Waals surface area (Å²) in [4.78, 5) is 10.5. The van der Waals surface area contributed by atoms with Gasteiger partial charge in [-0.3, -0.25) is 4.79 Å². The van der Waals surface area contributed by atoms with E-state index in [9.17, 15) is 18.7 Å². The number of benzene rings is 1. The number of hydrogen-bond donors (Lipinski definition) is 0. The van der Waals surface area contributed by atoms with E-state index in [2.05, 4.69) is 0 Å². The predicted molar refractivity (Wildman–Crippen MR) is 45.4 cm³/mol. The van der Waals surface area contributed by atoms with Gasteiger partial charge in [0.25, 0.3) is 6.43 Å². The molecule has 1 rings (SSSR count). The van der Waals surface area contributed by atoms with Crippen LogP contribution in [0.2, 0.25) is 0 Å². The van der Waals surface area contributed by atoms with Crippen molar-refractivity contribution in [2.24, 2.45) is 0 Å². The molecule has 1 aromatic carbocycles. The first-order valence-electron chi connectivity index (χ1n) is 3.87. The zero-order valence-corrected chi connectivity index (χ0v) is 7.11. The third kappa shape index (κ3) is 2.65. The number of rotatable bonds is 3. The molecule has 0 spiro atoms. The second-order valence-corrected chi connectivity index (χ2v) is 2.58. The number of carbonyl (C=O) groups is 1. The molecular weight excluding hydrogens is 190 g/mol. The molecule has 0 bridgehead atoms. The number of hydrogen-bond acceptors (Lipinski definition) is 2. The van der Waals surface area contributed by atoms with Crippen LogP contribution in [0.15, 0.2) is 36.4 Å². The van der Waals surface area contributed by atoms with E-state index < -0.39 is 18.0 Å². The number of alkyl halides is 2. The molecule has 0 fully saturated rings. The van der Waals surface area contributed by atoms with Crippen LogP contribution in [0.5, 0.6) is 0 Å². The summed E-state index contributed by atoms with van der Waals surface area (Å²) in [5.74, 6) is -2.16. The molecule has 0 N–H and O–H groups in total. The van der Waals surface area contributed by atoms with E-state index in [1.165, 1.54) is 12.1 Å². The van der Waals surface area contributed by atoms with Crippen LogP contribution in [0.4, 0.5) is 8.78 Å². The van der Waals surface area contributed by atoms with Gasteiger partial charge < -0.3 is 5.11 Å². The number of ketones is 1. The second kappa shape index (κ2) is 4.50. The Morgan fingerprint density at radius 3 is 2.36 bits per heavy atom. The summed E-state index contributed by atoms with van der Waals surface area (Å²) in [6, 6.07) is 7.78. The van der Waals surface area contributed by atoms with Crippen LogP contribution in [0.25, 0.3) is 5.76 Å². The molecule has 0 atom stereocenters. The van der Waals surface area contributed by atoms with Crippen LogP contribution in [0.1, 0.15) is 5.56 Å². The second-order valence-electron chi connectivity index (χ2n) is 2.58. The maximum absolute atomic E-state index is 11.8. The number of allylic oxidation sites excluding steroid dienone is 1. The molecule has 0 aliphatic heterocycles. The summed E-state index contributed by atoms with van der Waals surface area (Å²) in [6.45, 7) is 0. The molecule has 2 nitrogen and oxygen atoms in total. The van der Waals surface area contributed by atoms with Gasteiger partial charge in [0.15, 0.2) is 0 Å². The zero-order valence-electron chi connectivity index (χ0n) is 7.11. The lowest BCUT2D eigenvalue weighted by atomic mass is 10.1. The van der Waals surface area contributed by atoms with Crippen molar-refractivity contribution < 1.29 is 18.7 Å². The molecule has 0 aliphatic rings. The highest BCUT2D eigenvalue weighted by Gasteiger charge is 2.10. The standard InChI is InChI=1S/C10H8F2O2/c11-10(12)9(14)6-8(13)7-4-2-1-3-5-7/h1-6,10,13H/p-1/b8-6-. The summed E-state index contributed by atoms with van der Waals surface area (Å²) >= 11 is 0. The molecule has 0 amide bonds.